The quantitative estimate of drug-likeness (QED) is 0.847. The number of amides is 2. The van der Waals surface area contributed by atoms with Crippen LogP contribution in [0.1, 0.15) is 40.0 Å². The predicted octanol–water partition coefficient (Wildman–Crippen LogP) is 2.30. The number of aromatic nitrogens is 1. The van der Waals surface area contributed by atoms with Crippen molar-refractivity contribution in [3.05, 3.63) is 68.9 Å². The first-order valence-electron chi connectivity index (χ1n) is 9.37. The van der Waals surface area contributed by atoms with Gasteiger partial charge in [-0.25, -0.2) is 4.39 Å². The molecule has 2 amide bonds. The molecule has 0 spiro atoms. The average Bonchev–Trinajstić information content (AvgIpc) is 2.67. The molecule has 1 atom stereocenters. The van der Waals surface area contributed by atoms with Crippen molar-refractivity contribution in [1.82, 2.24) is 15.2 Å². The summed E-state index contributed by atoms with van der Waals surface area (Å²) in [7, 11) is 0. The van der Waals surface area contributed by atoms with Gasteiger partial charge in [0.15, 0.2) is 0 Å². The van der Waals surface area contributed by atoms with Crippen LogP contribution in [0.5, 0.6) is 0 Å². The van der Waals surface area contributed by atoms with Crippen LogP contribution in [0.4, 0.5) is 4.39 Å². The molecule has 1 aromatic carbocycles. The van der Waals surface area contributed by atoms with Crippen molar-refractivity contribution in [2.24, 2.45) is 5.92 Å². The number of carbonyl (C=O) groups excluding carboxylic acids is 2. The molecule has 0 aliphatic carbocycles. The van der Waals surface area contributed by atoms with Gasteiger partial charge in [0.05, 0.1) is 5.92 Å². The van der Waals surface area contributed by atoms with Crippen LogP contribution in [0.3, 0.4) is 0 Å². The summed E-state index contributed by atoms with van der Waals surface area (Å²) in [6.07, 6.45) is 1.40. The van der Waals surface area contributed by atoms with Gasteiger partial charge in [-0.1, -0.05) is 0 Å². The van der Waals surface area contributed by atoms with E-state index in [1.54, 1.807) is 4.90 Å². The molecule has 3 rings (SSSR count). The molecule has 148 valence electrons. The van der Waals surface area contributed by atoms with Crippen LogP contribution in [-0.2, 0) is 11.3 Å². The highest BCUT2D eigenvalue weighted by Gasteiger charge is 2.29. The Balaban J connectivity index is 1.62. The lowest BCUT2D eigenvalue weighted by molar-refractivity contribution is -0.126. The molecular weight excluding hydrogens is 361 g/mol. The van der Waals surface area contributed by atoms with Crippen LogP contribution in [0.15, 0.2) is 35.1 Å². The van der Waals surface area contributed by atoms with Crippen LogP contribution in [-0.4, -0.2) is 34.8 Å². The number of aromatic amines is 1. The van der Waals surface area contributed by atoms with Crippen LogP contribution in [0.25, 0.3) is 0 Å². The molecule has 0 bridgehead atoms. The standard InChI is InChI=1S/C21H24FN3O3/c1-13-10-14(2)24-20(27)18(13)11-23-19(26)16-4-3-9-25(12-16)21(28)15-5-7-17(22)8-6-15/h5-8,10,16H,3-4,9,11-12H2,1-2H3,(H,23,26)(H,24,27)/t16-/m1/s1. The van der Waals surface area contributed by atoms with Gasteiger partial charge in [0.1, 0.15) is 5.82 Å². The Morgan fingerprint density at radius 3 is 2.64 bits per heavy atom. The maximum Gasteiger partial charge on any atom is 0.253 e. The smallest absolute Gasteiger partial charge is 0.253 e. The van der Waals surface area contributed by atoms with E-state index in [-0.39, 0.29) is 29.8 Å². The number of pyridine rings is 1. The van der Waals surface area contributed by atoms with E-state index in [4.69, 9.17) is 0 Å². The number of nitrogens with zero attached hydrogens (tertiary/aromatic N) is 1. The van der Waals surface area contributed by atoms with Gasteiger partial charge >= 0.3 is 0 Å². The first-order valence-corrected chi connectivity index (χ1v) is 9.37. The van der Waals surface area contributed by atoms with Gasteiger partial charge in [-0.3, -0.25) is 14.4 Å². The summed E-state index contributed by atoms with van der Waals surface area (Å²) in [6.45, 7) is 4.68. The second-order valence-electron chi connectivity index (χ2n) is 7.26. The number of halogens is 1. The van der Waals surface area contributed by atoms with Gasteiger partial charge in [-0.2, -0.15) is 0 Å². The zero-order valence-corrected chi connectivity index (χ0v) is 16.0. The highest BCUT2D eigenvalue weighted by atomic mass is 19.1. The monoisotopic (exact) mass is 385 g/mol. The molecule has 0 saturated carbocycles. The number of H-pyrrole nitrogens is 1. The number of carbonyl (C=O) groups is 2. The second-order valence-corrected chi connectivity index (χ2v) is 7.26. The third kappa shape index (κ3) is 4.47. The maximum absolute atomic E-state index is 13.1. The third-order valence-electron chi connectivity index (χ3n) is 5.10. The molecule has 6 nitrogen and oxygen atoms in total. The molecule has 28 heavy (non-hydrogen) atoms. The first-order chi connectivity index (χ1) is 13.3. The molecule has 2 heterocycles. The molecule has 1 saturated heterocycles. The fraction of sp³-hybridized carbons (Fsp3) is 0.381. The van der Waals surface area contributed by atoms with Gasteiger partial charge in [-0.05, 0) is 62.6 Å². The van der Waals surface area contributed by atoms with E-state index in [2.05, 4.69) is 10.3 Å². The summed E-state index contributed by atoms with van der Waals surface area (Å²) < 4.78 is 13.1. The highest BCUT2D eigenvalue weighted by Crippen LogP contribution is 2.19. The lowest BCUT2D eigenvalue weighted by atomic mass is 9.96. The highest BCUT2D eigenvalue weighted by molar-refractivity contribution is 5.94. The Kier molecular flexibility index (Phi) is 5.92. The maximum atomic E-state index is 13.1. The lowest BCUT2D eigenvalue weighted by Crippen LogP contribution is -2.45. The van der Waals surface area contributed by atoms with Crippen LogP contribution >= 0.6 is 0 Å². The van der Waals surface area contributed by atoms with Crippen molar-refractivity contribution in [3.8, 4) is 0 Å². The second kappa shape index (κ2) is 8.37. The number of likely N-dealkylation sites (tertiary alicyclic amines) is 1. The number of piperidine rings is 1. The number of nitrogens with one attached hydrogen (secondary N) is 2. The van der Waals surface area contributed by atoms with E-state index in [0.29, 0.717) is 30.6 Å². The van der Waals surface area contributed by atoms with Crippen LogP contribution in [0, 0.1) is 25.6 Å². The zero-order chi connectivity index (χ0) is 20.3. The fourth-order valence-electron chi connectivity index (χ4n) is 3.57. The Labute approximate surface area is 162 Å². The summed E-state index contributed by atoms with van der Waals surface area (Å²) in [5, 5.41) is 2.83. The normalized spacial score (nSPS) is 16.7. The van der Waals surface area contributed by atoms with E-state index in [1.165, 1.54) is 24.3 Å². The Morgan fingerprint density at radius 1 is 1.25 bits per heavy atom. The Bertz CT molecular complexity index is 937. The van der Waals surface area contributed by atoms with E-state index >= 15 is 0 Å². The van der Waals surface area contributed by atoms with Crippen molar-refractivity contribution < 1.29 is 14.0 Å². The Hall–Kier alpha value is -2.96. The molecule has 2 N–H and O–H groups in total. The minimum Gasteiger partial charge on any atom is -0.352 e. The number of benzene rings is 1. The number of aryl methyl sites for hydroxylation is 2. The minimum atomic E-state index is -0.395. The summed E-state index contributed by atoms with van der Waals surface area (Å²) in [5.74, 6) is -1.10. The Morgan fingerprint density at radius 2 is 1.96 bits per heavy atom. The van der Waals surface area contributed by atoms with Crippen LogP contribution < -0.4 is 10.9 Å². The number of hydrogen-bond donors (Lipinski definition) is 2. The van der Waals surface area contributed by atoms with Crippen molar-refractivity contribution in [1.29, 1.82) is 0 Å². The zero-order valence-electron chi connectivity index (χ0n) is 16.0. The first kappa shape index (κ1) is 19.8. The summed E-state index contributed by atoms with van der Waals surface area (Å²) in [4.78, 5) is 41.7. The van der Waals surface area contributed by atoms with Crippen molar-refractivity contribution in [3.63, 3.8) is 0 Å². The molecular formula is C21H24FN3O3. The van der Waals surface area contributed by atoms with E-state index in [9.17, 15) is 18.8 Å². The number of hydrogen-bond acceptors (Lipinski definition) is 3. The van der Waals surface area contributed by atoms with Crippen molar-refractivity contribution in [2.75, 3.05) is 13.1 Å². The lowest BCUT2D eigenvalue weighted by Gasteiger charge is -2.32. The van der Waals surface area contributed by atoms with E-state index in [0.717, 1.165) is 17.7 Å². The summed E-state index contributed by atoms with van der Waals surface area (Å²) in [5.41, 5.74) is 2.35. The largest absolute Gasteiger partial charge is 0.352 e. The molecule has 1 aliphatic heterocycles. The average molecular weight is 385 g/mol. The molecule has 1 aromatic heterocycles. The summed E-state index contributed by atoms with van der Waals surface area (Å²) in [6, 6.07) is 7.28. The van der Waals surface area contributed by atoms with Gasteiger partial charge in [0, 0.05) is 36.5 Å². The van der Waals surface area contributed by atoms with E-state index in [1.807, 2.05) is 19.9 Å². The van der Waals surface area contributed by atoms with Gasteiger partial charge < -0.3 is 15.2 Å². The van der Waals surface area contributed by atoms with Crippen molar-refractivity contribution in [2.45, 2.75) is 33.2 Å². The van der Waals surface area contributed by atoms with Crippen LogP contribution in [0.2, 0.25) is 0 Å². The van der Waals surface area contributed by atoms with Crippen molar-refractivity contribution >= 4 is 11.8 Å². The summed E-state index contributed by atoms with van der Waals surface area (Å²) >= 11 is 0. The molecule has 1 aliphatic rings. The minimum absolute atomic E-state index is 0.155. The van der Waals surface area contributed by atoms with Gasteiger partial charge in [0.25, 0.3) is 11.5 Å². The molecule has 0 unspecified atom stereocenters. The molecule has 2 aromatic rings. The molecule has 1 fully saturated rings. The fourth-order valence-corrected chi connectivity index (χ4v) is 3.57. The SMILES string of the molecule is Cc1cc(C)c(CNC(=O)[C@@H]2CCCN(C(=O)c3ccc(F)cc3)C2)c(=O)[nH]1. The third-order valence-corrected chi connectivity index (χ3v) is 5.10. The number of rotatable bonds is 4. The molecule has 0 radical (unpaired) electrons. The van der Waals surface area contributed by atoms with E-state index < -0.39 is 5.82 Å². The van der Waals surface area contributed by atoms with Gasteiger partial charge in [0.2, 0.25) is 5.91 Å². The predicted molar refractivity (Wildman–Crippen MR) is 103 cm³/mol. The molecule has 7 heteroatoms. The topological polar surface area (TPSA) is 82.3 Å². The van der Waals surface area contributed by atoms with Gasteiger partial charge in [-0.15, -0.1) is 0 Å².